The number of likely N-dealkylation sites (tertiary alicyclic amines) is 1. The third-order valence-corrected chi connectivity index (χ3v) is 3.77. The maximum absolute atomic E-state index is 9.16. The van der Waals surface area contributed by atoms with Crippen LogP contribution in [0.3, 0.4) is 0 Å². The Morgan fingerprint density at radius 3 is 2.68 bits per heavy atom. The second kappa shape index (κ2) is 6.89. The molecule has 0 saturated carbocycles. The van der Waals surface area contributed by atoms with Gasteiger partial charge in [-0.2, -0.15) is 0 Å². The van der Waals surface area contributed by atoms with E-state index in [1.165, 1.54) is 19.3 Å². The quantitative estimate of drug-likeness (QED) is 0.849. The van der Waals surface area contributed by atoms with Crippen molar-refractivity contribution >= 4 is 0 Å². The molecule has 0 aliphatic carbocycles. The van der Waals surface area contributed by atoms with Gasteiger partial charge in [0.15, 0.2) is 0 Å². The number of aliphatic hydroxyl groups excluding tert-OH is 1. The van der Waals surface area contributed by atoms with Gasteiger partial charge >= 0.3 is 0 Å². The van der Waals surface area contributed by atoms with Gasteiger partial charge in [-0.3, -0.25) is 4.90 Å². The van der Waals surface area contributed by atoms with Crippen molar-refractivity contribution in [3.05, 3.63) is 29.3 Å². The van der Waals surface area contributed by atoms with E-state index in [-0.39, 0.29) is 12.6 Å². The van der Waals surface area contributed by atoms with E-state index in [0.717, 1.165) is 36.5 Å². The third kappa shape index (κ3) is 3.69. The molecule has 1 aliphatic rings. The summed E-state index contributed by atoms with van der Waals surface area (Å²) in [5.41, 5.74) is 8.01. The summed E-state index contributed by atoms with van der Waals surface area (Å²) in [4.78, 5) is 2.45. The van der Waals surface area contributed by atoms with Crippen molar-refractivity contribution in [3.8, 4) is 5.75 Å². The number of hydrogen-bond acceptors (Lipinski definition) is 4. The average molecular weight is 264 g/mol. The van der Waals surface area contributed by atoms with Crippen LogP contribution in [0.5, 0.6) is 5.75 Å². The third-order valence-electron chi connectivity index (χ3n) is 3.77. The van der Waals surface area contributed by atoms with Crippen LogP contribution in [0.4, 0.5) is 0 Å². The number of nitrogens with two attached hydrogens (primary N) is 1. The van der Waals surface area contributed by atoms with E-state index in [1.54, 1.807) is 7.11 Å². The van der Waals surface area contributed by atoms with Gasteiger partial charge < -0.3 is 15.6 Å². The van der Waals surface area contributed by atoms with Crippen LogP contribution < -0.4 is 10.5 Å². The van der Waals surface area contributed by atoms with Crippen LogP contribution in [-0.2, 0) is 6.54 Å². The van der Waals surface area contributed by atoms with Gasteiger partial charge in [0.05, 0.1) is 19.8 Å². The van der Waals surface area contributed by atoms with Crippen LogP contribution in [0.1, 0.15) is 36.4 Å². The minimum Gasteiger partial charge on any atom is -0.496 e. The molecule has 0 amide bonds. The van der Waals surface area contributed by atoms with Crippen LogP contribution in [0, 0.1) is 0 Å². The van der Waals surface area contributed by atoms with Gasteiger partial charge in [0, 0.05) is 12.1 Å². The highest BCUT2D eigenvalue weighted by molar-refractivity contribution is 5.38. The van der Waals surface area contributed by atoms with E-state index in [9.17, 15) is 0 Å². The van der Waals surface area contributed by atoms with Gasteiger partial charge in [-0.25, -0.2) is 0 Å². The summed E-state index contributed by atoms with van der Waals surface area (Å²) in [6.45, 7) is 3.17. The van der Waals surface area contributed by atoms with E-state index < -0.39 is 0 Å². The molecule has 0 radical (unpaired) electrons. The summed E-state index contributed by atoms with van der Waals surface area (Å²) in [5.74, 6) is 0.902. The number of ether oxygens (including phenoxy) is 1. The maximum Gasteiger partial charge on any atom is 0.123 e. The van der Waals surface area contributed by atoms with Crippen LogP contribution >= 0.6 is 0 Å². The molecule has 1 saturated heterocycles. The van der Waals surface area contributed by atoms with E-state index in [2.05, 4.69) is 11.0 Å². The molecule has 3 N–H and O–H groups in total. The van der Waals surface area contributed by atoms with Crippen LogP contribution in [-0.4, -0.2) is 36.8 Å². The molecule has 1 aliphatic heterocycles. The molecule has 19 heavy (non-hydrogen) atoms. The molecule has 2 rings (SSSR count). The molecule has 1 unspecified atom stereocenters. The summed E-state index contributed by atoms with van der Waals surface area (Å²) >= 11 is 0. The van der Waals surface area contributed by atoms with Gasteiger partial charge in [0.25, 0.3) is 0 Å². The van der Waals surface area contributed by atoms with Crippen LogP contribution in [0.15, 0.2) is 18.2 Å². The highest BCUT2D eigenvalue weighted by Crippen LogP contribution is 2.25. The lowest BCUT2D eigenvalue weighted by Crippen LogP contribution is -2.29. The molecule has 106 valence electrons. The van der Waals surface area contributed by atoms with Gasteiger partial charge in [-0.15, -0.1) is 0 Å². The Labute approximate surface area is 115 Å². The monoisotopic (exact) mass is 264 g/mol. The molecule has 1 fully saturated rings. The van der Waals surface area contributed by atoms with Gasteiger partial charge in [0.1, 0.15) is 5.75 Å². The normalized spacial score (nSPS) is 18.3. The number of methoxy groups -OCH3 is 1. The zero-order valence-electron chi connectivity index (χ0n) is 11.6. The Morgan fingerprint density at radius 1 is 1.32 bits per heavy atom. The molecule has 1 atom stereocenters. The number of hydrogen-bond donors (Lipinski definition) is 2. The SMILES string of the molecule is COc1ccc(C(N)CO)cc1CN1CCCCC1. The smallest absolute Gasteiger partial charge is 0.123 e. The predicted molar refractivity (Wildman–Crippen MR) is 76.1 cm³/mol. The first-order valence-electron chi connectivity index (χ1n) is 7.00. The highest BCUT2D eigenvalue weighted by atomic mass is 16.5. The molecule has 1 aromatic rings. The number of piperidine rings is 1. The van der Waals surface area contributed by atoms with Gasteiger partial charge in [-0.05, 0) is 43.6 Å². The fourth-order valence-electron chi connectivity index (χ4n) is 2.62. The number of rotatable bonds is 5. The lowest BCUT2D eigenvalue weighted by molar-refractivity contribution is 0.218. The molecular weight excluding hydrogens is 240 g/mol. The molecule has 4 nitrogen and oxygen atoms in total. The zero-order chi connectivity index (χ0) is 13.7. The lowest BCUT2D eigenvalue weighted by atomic mass is 10.0. The first-order chi connectivity index (χ1) is 9.24. The first kappa shape index (κ1) is 14.3. The fraction of sp³-hybridized carbons (Fsp3) is 0.600. The number of benzene rings is 1. The molecule has 0 bridgehead atoms. The van der Waals surface area contributed by atoms with Crippen molar-refractivity contribution in [1.82, 2.24) is 4.90 Å². The van der Waals surface area contributed by atoms with E-state index >= 15 is 0 Å². The molecule has 0 aromatic heterocycles. The molecule has 1 heterocycles. The van der Waals surface area contributed by atoms with Crippen molar-refractivity contribution in [3.63, 3.8) is 0 Å². The molecule has 1 aromatic carbocycles. The summed E-state index contributed by atoms with van der Waals surface area (Å²) in [7, 11) is 1.70. The molecular formula is C15H24N2O2. The Hall–Kier alpha value is -1.10. The van der Waals surface area contributed by atoms with Crippen molar-refractivity contribution in [2.24, 2.45) is 5.73 Å². The Balaban J connectivity index is 2.15. The number of nitrogens with zero attached hydrogens (tertiary/aromatic N) is 1. The van der Waals surface area contributed by atoms with E-state index in [1.807, 2.05) is 12.1 Å². The van der Waals surface area contributed by atoms with Gasteiger partial charge in [-0.1, -0.05) is 12.5 Å². The zero-order valence-corrected chi connectivity index (χ0v) is 11.6. The largest absolute Gasteiger partial charge is 0.496 e. The minimum atomic E-state index is -0.314. The Kier molecular flexibility index (Phi) is 5.19. The van der Waals surface area contributed by atoms with Gasteiger partial charge in [0.2, 0.25) is 0 Å². The van der Waals surface area contributed by atoms with E-state index in [0.29, 0.717) is 0 Å². The average Bonchev–Trinajstić information content (AvgIpc) is 2.47. The van der Waals surface area contributed by atoms with Crippen molar-refractivity contribution in [2.75, 3.05) is 26.8 Å². The Bertz CT molecular complexity index is 403. The Morgan fingerprint density at radius 2 is 2.05 bits per heavy atom. The van der Waals surface area contributed by atoms with Crippen molar-refractivity contribution in [1.29, 1.82) is 0 Å². The second-order valence-electron chi connectivity index (χ2n) is 5.20. The summed E-state index contributed by atoms with van der Waals surface area (Å²) in [6.07, 6.45) is 3.89. The maximum atomic E-state index is 9.16. The highest BCUT2D eigenvalue weighted by Gasteiger charge is 2.14. The van der Waals surface area contributed by atoms with Crippen LogP contribution in [0.2, 0.25) is 0 Å². The van der Waals surface area contributed by atoms with Crippen molar-refractivity contribution < 1.29 is 9.84 Å². The van der Waals surface area contributed by atoms with Crippen molar-refractivity contribution in [2.45, 2.75) is 31.8 Å². The fourth-order valence-corrected chi connectivity index (χ4v) is 2.62. The molecule has 0 spiro atoms. The lowest BCUT2D eigenvalue weighted by Gasteiger charge is -2.27. The second-order valence-corrected chi connectivity index (χ2v) is 5.20. The summed E-state index contributed by atoms with van der Waals surface area (Å²) < 4.78 is 5.43. The van der Waals surface area contributed by atoms with Crippen LogP contribution in [0.25, 0.3) is 0 Å². The predicted octanol–water partition coefficient (Wildman–Crippen LogP) is 1.67. The summed E-state index contributed by atoms with van der Waals surface area (Å²) in [6, 6.07) is 5.63. The molecule has 4 heteroatoms. The first-order valence-corrected chi connectivity index (χ1v) is 7.00. The van der Waals surface area contributed by atoms with E-state index in [4.69, 9.17) is 15.6 Å². The standard InChI is InChI=1S/C15H24N2O2/c1-19-15-6-5-12(14(16)11-18)9-13(15)10-17-7-3-2-4-8-17/h5-6,9,14,18H,2-4,7-8,10-11,16H2,1H3. The summed E-state index contributed by atoms with van der Waals surface area (Å²) in [5, 5.41) is 9.16. The minimum absolute atomic E-state index is 0.0323. The topological polar surface area (TPSA) is 58.7 Å². The number of aliphatic hydroxyl groups is 1.